The summed E-state index contributed by atoms with van der Waals surface area (Å²) in [5.41, 5.74) is 2.50. The van der Waals surface area contributed by atoms with E-state index in [2.05, 4.69) is 18.3 Å². The molecular weight excluding hydrogens is 230 g/mol. The van der Waals surface area contributed by atoms with Gasteiger partial charge in [-0.3, -0.25) is 4.79 Å². The van der Waals surface area contributed by atoms with Gasteiger partial charge in [0, 0.05) is 13.0 Å². The third kappa shape index (κ3) is 3.23. The monoisotopic (exact) mass is 249 g/mol. The van der Waals surface area contributed by atoms with E-state index < -0.39 is 0 Å². The topological polar surface area (TPSA) is 47.6 Å². The highest BCUT2D eigenvalue weighted by Gasteiger charge is 2.22. The SMILES string of the molecule is CCOC(=O)CNCC1Cc2cc(C)ccc2O1. The van der Waals surface area contributed by atoms with Crippen LogP contribution in [0.4, 0.5) is 0 Å². The van der Waals surface area contributed by atoms with Crippen LogP contribution in [0.1, 0.15) is 18.1 Å². The number of rotatable bonds is 5. The molecule has 1 atom stereocenters. The minimum atomic E-state index is -0.219. The Morgan fingerprint density at radius 1 is 1.56 bits per heavy atom. The molecule has 98 valence electrons. The van der Waals surface area contributed by atoms with Crippen LogP contribution in [-0.4, -0.2) is 31.8 Å². The molecule has 1 unspecified atom stereocenters. The van der Waals surface area contributed by atoms with E-state index in [0.717, 1.165) is 12.2 Å². The number of carbonyl (C=O) groups excluding carboxylic acids is 1. The summed E-state index contributed by atoms with van der Waals surface area (Å²) in [6.07, 6.45) is 1.00. The fourth-order valence-corrected chi connectivity index (χ4v) is 2.11. The van der Waals surface area contributed by atoms with Crippen molar-refractivity contribution in [3.8, 4) is 5.75 Å². The van der Waals surface area contributed by atoms with E-state index in [1.54, 1.807) is 6.92 Å². The number of aryl methyl sites for hydroxylation is 1. The highest BCUT2D eigenvalue weighted by atomic mass is 16.5. The first-order chi connectivity index (χ1) is 8.69. The number of benzene rings is 1. The number of carbonyl (C=O) groups is 1. The molecule has 0 bridgehead atoms. The number of hydrogen-bond acceptors (Lipinski definition) is 4. The van der Waals surface area contributed by atoms with Gasteiger partial charge < -0.3 is 14.8 Å². The molecule has 0 saturated carbocycles. The van der Waals surface area contributed by atoms with Crippen molar-refractivity contribution >= 4 is 5.97 Å². The Morgan fingerprint density at radius 3 is 3.17 bits per heavy atom. The van der Waals surface area contributed by atoms with E-state index in [1.165, 1.54) is 11.1 Å². The van der Waals surface area contributed by atoms with Gasteiger partial charge >= 0.3 is 5.97 Å². The van der Waals surface area contributed by atoms with Gasteiger partial charge in [-0.25, -0.2) is 0 Å². The largest absolute Gasteiger partial charge is 0.488 e. The van der Waals surface area contributed by atoms with Gasteiger partial charge in [-0.1, -0.05) is 17.7 Å². The third-order valence-electron chi connectivity index (χ3n) is 2.90. The van der Waals surface area contributed by atoms with Crippen LogP contribution in [0.5, 0.6) is 5.75 Å². The minimum Gasteiger partial charge on any atom is -0.488 e. The van der Waals surface area contributed by atoms with Crippen LogP contribution in [0.25, 0.3) is 0 Å². The van der Waals surface area contributed by atoms with E-state index in [1.807, 2.05) is 12.1 Å². The molecule has 0 aliphatic carbocycles. The molecule has 4 heteroatoms. The molecule has 0 saturated heterocycles. The van der Waals surface area contributed by atoms with Crippen LogP contribution >= 0.6 is 0 Å². The summed E-state index contributed by atoms with van der Waals surface area (Å²) in [5.74, 6) is 0.743. The summed E-state index contributed by atoms with van der Waals surface area (Å²) >= 11 is 0. The maximum Gasteiger partial charge on any atom is 0.319 e. The van der Waals surface area contributed by atoms with Crippen molar-refractivity contribution in [1.82, 2.24) is 5.32 Å². The highest BCUT2D eigenvalue weighted by molar-refractivity contribution is 5.71. The van der Waals surface area contributed by atoms with Gasteiger partial charge in [0.25, 0.3) is 0 Å². The number of nitrogens with one attached hydrogen (secondary N) is 1. The molecule has 1 aromatic rings. The summed E-state index contributed by atoms with van der Waals surface area (Å²) in [6.45, 7) is 5.20. The molecule has 0 radical (unpaired) electrons. The Labute approximate surface area is 107 Å². The van der Waals surface area contributed by atoms with Crippen molar-refractivity contribution in [3.63, 3.8) is 0 Å². The molecule has 2 rings (SSSR count). The summed E-state index contributed by atoms with van der Waals surface area (Å²) in [5, 5.41) is 3.06. The van der Waals surface area contributed by atoms with Gasteiger partial charge in [0.15, 0.2) is 0 Å². The van der Waals surface area contributed by atoms with Crippen LogP contribution in [0.2, 0.25) is 0 Å². The second kappa shape index (κ2) is 5.87. The average molecular weight is 249 g/mol. The molecular formula is C14H19NO3. The van der Waals surface area contributed by atoms with Crippen molar-refractivity contribution in [2.24, 2.45) is 0 Å². The smallest absolute Gasteiger partial charge is 0.319 e. The van der Waals surface area contributed by atoms with Crippen LogP contribution in [0.3, 0.4) is 0 Å². The lowest BCUT2D eigenvalue weighted by molar-refractivity contribution is -0.142. The normalized spacial score (nSPS) is 17.1. The van der Waals surface area contributed by atoms with E-state index in [0.29, 0.717) is 13.2 Å². The molecule has 4 nitrogen and oxygen atoms in total. The zero-order valence-corrected chi connectivity index (χ0v) is 10.9. The van der Waals surface area contributed by atoms with Gasteiger partial charge in [-0.2, -0.15) is 0 Å². The zero-order chi connectivity index (χ0) is 13.0. The molecule has 1 aliphatic rings. The predicted octanol–water partition coefficient (Wildman–Crippen LogP) is 1.45. The second-order valence-electron chi connectivity index (χ2n) is 4.49. The third-order valence-corrected chi connectivity index (χ3v) is 2.90. The van der Waals surface area contributed by atoms with E-state index >= 15 is 0 Å². The summed E-state index contributed by atoms with van der Waals surface area (Å²) in [4.78, 5) is 11.2. The van der Waals surface area contributed by atoms with E-state index in [4.69, 9.17) is 9.47 Å². The fourth-order valence-electron chi connectivity index (χ4n) is 2.11. The molecule has 1 N–H and O–H groups in total. The average Bonchev–Trinajstić information content (AvgIpc) is 2.71. The Hall–Kier alpha value is -1.55. The number of hydrogen-bond donors (Lipinski definition) is 1. The van der Waals surface area contributed by atoms with Crippen molar-refractivity contribution in [3.05, 3.63) is 29.3 Å². The van der Waals surface area contributed by atoms with Gasteiger partial charge in [-0.15, -0.1) is 0 Å². The van der Waals surface area contributed by atoms with Crippen molar-refractivity contribution < 1.29 is 14.3 Å². The number of fused-ring (bicyclic) bond motifs is 1. The van der Waals surface area contributed by atoms with Crippen molar-refractivity contribution in [2.45, 2.75) is 26.4 Å². The van der Waals surface area contributed by atoms with Gasteiger partial charge in [-0.05, 0) is 25.5 Å². The Balaban J connectivity index is 1.76. The summed E-state index contributed by atoms with van der Waals surface area (Å²) in [6, 6.07) is 6.21. The predicted molar refractivity (Wildman–Crippen MR) is 68.8 cm³/mol. The van der Waals surface area contributed by atoms with Crippen LogP contribution < -0.4 is 10.1 Å². The Morgan fingerprint density at radius 2 is 2.39 bits per heavy atom. The highest BCUT2D eigenvalue weighted by Crippen LogP contribution is 2.29. The van der Waals surface area contributed by atoms with Crippen LogP contribution in [0, 0.1) is 6.92 Å². The minimum absolute atomic E-state index is 0.108. The van der Waals surface area contributed by atoms with E-state index in [9.17, 15) is 4.79 Å². The van der Waals surface area contributed by atoms with Crippen LogP contribution in [-0.2, 0) is 16.0 Å². The quantitative estimate of drug-likeness (QED) is 0.802. The molecule has 18 heavy (non-hydrogen) atoms. The van der Waals surface area contributed by atoms with Gasteiger partial charge in [0.05, 0.1) is 13.2 Å². The maximum atomic E-state index is 11.2. The lowest BCUT2D eigenvalue weighted by Crippen LogP contribution is -2.34. The first kappa shape index (κ1) is 12.9. The molecule has 1 aliphatic heterocycles. The van der Waals surface area contributed by atoms with Crippen molar-refractivity contribution in [1.29, 1.82) is 0 Å². The van der Waals surface area contributed by atoms with Crippen LogP contribution in [0.15, 0.2) is 18.2 Å². The molecule has 0 aromatic heterocycles. The lowest BCUT2D eigenvalue weighted by atomic mass is 10.1. The van der Waals surface area contributed by atoms with Gasteiger partial charge in [0.2, 0.25) is 0 Å². The molecule has 0 amide bonds. The standard InChI is InChI=1S/C14H19NO3/c1-3-17-14(16)9-15-8-12-7-11-6-10(2)4-5-13(11)18-12/h4-6,12,15H,3,7-9H2,1-2H3. The number of esters is 1. The first-order valence-electron chi connectivity index (χ1n) is 6.31. The molecule has 0 fully saturated rings. The number of ether oxygens (including phenoxy) is 2. The van der Waals surface area contributed by atoms with E-state index in [-0.39, 0.29) is 18.6 Å². The molecule has 0 spiro atoms. The zero-order valence-electron chi connectivity index (χ0n) is 10.9. The lowest BCUT2D eigenvalue weighted by Gasteiger charge is -2.11. The maximum absolute atomic E-state index is 11.2. The fraction of sp³-hybridized carbons (Fsp3) is 0.500. The summed E-state index contributed by atoms with van der Waals surface area (Å²) in [7, 11) is 0. The Kier molecular flexibility index (Phi) is 4.20. The van der Waals surface area contributed by atoms with Crippen molar-refractivity contribution in [2.75, 3.05) is 19.7 Å². The summed E-state index contributed by atoms with van der Waals surface area (Å²) < 4.78 is 10.6. The molecule has 1 heterocycles. The molecule has 1 aromatic carbocycles. The first-order valence-corrected chi connectivity index (χ1v) is 6.31. The second-order valence-corrected chi connectivity index (χ2v) is 4.49. The Bertz CT molecular complexity index is 431. The van der Waals surface area contributed by atoms with Gasteiger partial charge in [0.1, 0.15) is 11.9 Å².